The topological polar surface area (TPSA) is 60.2 Å². The molecule has 58 valence electrons. The van der Waals surface area contributed by atoms with Gasteiger partial charge in [-0.1, -0.05) is 6.08 Å². The van der Waals surface area contributed by atoms with E-state index in [4.69, 9.17) is 0 Å². The first-order valence-corrected chi connectivity index (χ1v) is 3.17. The fourth-order valence-electron chi connectivity index (χ4n) is 0.880. The molecule has 1 aliphatic carbocycles. The molecule has 1 aliphatic rings. The number of allylic oxidation sites excluding steroid dienone is 3. The van der Waals surface area contributed by atoms with Gasteiger partial charge >= 0.3 is 0 Å². The smallest absolute Gasteiger partial charge is 0.275 e. The molecule has 4 heteroatoms. The Bertz CT molecular complexity index is 275. The lowest BCUT2D eigenvalue weighted by molar-refractivity contribution is -0.420. The van der Waals surface area contributed by atoms with Gasteiger partial charge in [-0.3, -0.25) is 14.9 Å². The molecule has 0 unspecified atom stereocenters. The zero-order valence-corrected chi connectivity index (χ0v) is 6.03. The summed E-state index contributed by atoms with van der Waals surface area (Å²) in [6, 6.07) is 0. The third-order valence-corrected chi connectivity index (χ3v) is 1.51. The van der Waals surface area contributed by atoms with Gasteiger partial charge in [-0.25, -0.2) is 0 Å². The molecule has 0 N–H and O–H groups in total. The second kappa shape index (κ2) is 2.65. The van der Waals surface area contributed by atoms with Crippen molar-refractivity contribution >= 4 is 5.78 Å². The van der Waals surface area contributed by atoms with Crippen molar-refractivity contribution in [3.63, 3.8) is 0 Å². The Hall–Kier alpha value is -1.45. The van der Waals surface area contributed by atoms with Crippen LogP contribution in [0.15, 0.2) is 23.4 Å². The molecule has 0 atom stereocenters. The molecule has 11 heavy (non-hydrogen) atoms. The van der Waals surface area contributed by atoms with Gasteiger partial charge in [0, 0.05) is 12.0 Å². The summed E-state index contributed by atoms with van der Waals surface area (Å²) in [7, 11) is 0. The quantitative estimate of drug-likeness (QED) is 0.418. The number of hydrogen-bond acceptors (Lipinski definition) is 3. The summed E-state index contributed by atoms with van der Waals surface area (Å²) < 4.78 is 0. The first-order valence-electron chi connectivity index (χ1n) is 3.17. The molecule has 0 aromatic heterocycles. The molecule has 0 spiro atoms. The number of carbonyl (C=O) groups is 1. The SMILES string of the molecule is CC1=CCC(=O)C=C1[N+](=O)[O-]. The highest BCUT2D eigenvalue weighted by atomic mass is 16.6. The predicted octanol–water partition coefficient (Wildman–Crippen LogP) is 1.07. The van der Waals surface area contributed by atoms with E-state index in [1.807, 2.05) is 0 Å². The van der Waals surface area contributed by atoms with Gasteiger partial charge < -0.3 is 0 Å². The predicted molar refractivity (Wildman–Crippen MR) is 38.5 cm³/mol. The van der Waals surface area contributed by atoms with E-state index in [0.717, 1.165) is 6.08 Å². The van der Waals surface area contributed by atoms with Crippen LogP contribution in [-0.4, -0.2) is 10.7 Å². The molecule has 0 aliphatic heterocycles. The van der Waals surface area contributed by atoms with Gasteiger partial charge in [-0.2, -0.15) is 0 Å². The number of nitro groups is 1. The average Bonchev–Trinajstić information content (AvgIpc) is 1.94. The van der Waals surface area contributed by atoms with E-state index in [9.17, 15) is 14.9 Å². The van der Waals surface area contributed by atoms with Crippen molar-refractivity contribution in [3.05, 3.63) is 33.5 Å². The molecule has 0 aromatic rings. The Morgan fingerprint density at radius 2 is 2.27 bits per heavy atom. The van der Waals surface area contributed by atoms with Crippen molar-refractivity contribution in [2.45, 2.75) is 13.3 Å². The number of hydrogen-bond donors (Lipinski definition) is 0. The number of nitrogens with zero attached hydrogens (tertiary/aromatic N) is 1. The average molecular weight is 153 g/mol. The van der Waals surface area contributed by atoms with Gasteiger partial charge in [-0.15, -0.1) is 0 Å². The molecule has 0 fully saturated rings. The molecular formula is C7H7NO3. The fraction of sp³-hybridized carbons (Fsp3) is 0.286. The van der Waals surface area contributed by atoms with E-state index in [2.05, 4.69) is 0 Å². The van der Waals surface area contributed by atoms with Crippen molar-refractivity contribution < 1.29 is 9.72 Å². The maximum atomic E-state index is 10.7. The van der Waals surface area contributed by atoms with Crippen molar-refractivity contribution in [2.24, 2.45) is 0 Å². The molecule has 0 saturated carbocycles. The first kappa shape index (κ1) is 7.65. The first-order chi connectivity index (χ1) is 5.11. The van der Waals surface area contributed by atoms with E-state index >= 15 is 0 Å². The van der Waals surface area contributed by atoms with Crippen LogP contribution in [0, 0.1) is 10.1 Å². The van der Waals surface area contributed by atoms with E-state index in [-0.39, 0.29) is 17.9 Å². The lowest BCUT2D eigenvalue weighted by Gasteiger charge is -2.02. The molecule has 0 aromatic carbocycles. The highest BCUT2D eigenvalue weighted by Gasteiger charge is 2.18. The Balaban J connectivity index is 2.99. The van der Waals surface area contributed by atoms with Crippen molar-refractivity contribution in [2.75, 3.05) is 0 Å². The molecule has 1 rings (SSSR count). The normalized spacial score (nSPS) is 17.4. The molecule has 0 amide bonds. The Kier molecular flexibility index (Phi) is 1.85. The third kappa shape index (κ3) is 1.52. The van der Waals surface area contributed by atoms with Crippen LogP contribution in [0.4, 0.5) is 0 Å². The van der Waals surface area contributed by atoms with Gasteiger partial charge in [0.05, 0.1) is 11.0 Å². The van der Waals surface area contributed by atoms with E-state index in [1.165, 1.54) is 0 Å². The van der Waals surface area contributed by atoms with Crippen LogP contribution in [0.2, 0.25) is 0 Å². The van der Waals surface area contributed by atoms with Crippen LogP contribution in [0.25, 0.3) is 0 Å². The van der Waals surface area contributed by atoms with Crippen LogP contribution in [-0.2, 0) is 4.79 Å². The number of rotatable bonds is 1. The van der Waals surface area contributed by atoms with E-state index in [0.29, 0.717) is 5.57 Å². The van der Waals surface area contributed by atoms with Gasteiger partial charge in [0.15, 0.2) is 5.78 Å². The van der Waals surface area contributed by atoms with Crippen LogP contribution < -0.4 is 0 Å². The van der Waals surface area contributed by atoms with Crippen molar-refractivity contribution in [1.82, 2.24) is 0 Å². The summed E-state index contributed by atoms with van der Waals surface area (Å²) in [5.41, 5.74) is 0.482. The summed E-state index contributed by atoms with van der Waals surface area (Å²) >= 11 is 0. The lowest BCUT2D eigenvalue weighted by atomic mass is 10.0. The van der Waals surface area contributed by atoms with Crippen molar-refractivity contribution in [1.29, 1.82) is 0 Å². The minimum atomic E-state index is -0.539. The fourth-order valence-corrected chi connectivity index (χ4v) is 0.880. The molecule has 4 nitrogen and oxygen atoms in total. The van der Waals surface area contributed by atoms with Crippen LogP contribution in [0.1, 0.15) is 13.3 Å². The molecule has 0 bridgehead atoms. The Morgan fingerprint density at radius 1 is 1.64 bits per heavy atom. The number of ketones is 1. The second-order valence-electron chi connectivity index (χ2n) is 2.34. The largest absolute Gasteiger partial charge is 0.294 e. The van der Waals surface area contributed by atoms with E-state index in [1.54, 1.807) is 13.0 Å². The minimum absolute atomic E-state index is 0.0822. The zero-order valence-electron chi connectivity index (χ0n) is 6.03. The summed E-state index contributed by atoms with van der Waals surface area (Å²) in [6.07, 6.45) is 2.93. The second-order valence-corrected chi connectivity index (χ2v) is 2.34. The zero-order chi connectivity index (χ0) is 8.43. The Labute approximate surface area is 63.4 Å². The standard InChI is InChI=1S/C7H7NO3/c1-5-2-3-6(9)4-7(5)8(10)11/h2,4H,3H2,1H3. The van der Waals surface area contributed by atoms with Gasteiger partial charge in [-0.05, 0) is 6.92 Å². The molecule has 0 radical (unpaired) electrons. The number of carbonyl (C=O) groups excluding carboxylic acids is 1. The summed E-state index contributed by atoms with van der Waals surface area (Å²) in [4.78, 5) is 20.4. The van der Waals surface area contributed by atoms with Crippen LogP contribution >= 0.6 is 0 Å². The van der Waals surface area contributed by atoms with Crippen LogP contribution in [0.5, 0.6) is 0 Å². The highest BCUT2D eigenvalue weighted by molar-refractivity contribution is 5.93. The molecule has 0 saturated heterocycles. The summed E-state index contributed by atoms with van der Waals surface area (Å²) in [6.45, 7) is 1.63. The summed E-state index contributed by atoms with van der Waals surface area (Å²) in [5, 5.41) is 10.3. The van der Waals surface area contributed by atoms with Gasteiger partial charge in [0.2, 0.25) is 0 Å². The molecular weight excluding hydrogens is 146 g/mol. The Morgan fingerprint density at radius 3 is 2.73 bits per heavy atom. The molecule has 0 heterocycles. The summed E-state index contributed by atoms with van der Waals surface area (Å²) in [5.74, 6) is -0.206. The maximum absolute atomic E-state index is 10.7. The van der Waals surface area contributed by atoms with Crippen molar-refractivity contribution in [3.8, 4) is 0 Å². The third-order valence-electron chi connectivity index (χ3n) is 1.51. The van der Waals surface area contributed by atoms with E-state index < -0.39 is 4.92 Å². The van der Waals surface area contributed by atoms with Crippen LogP contribution in [0.3, 0.4) is 0 Å². The lowest BCUT2D eigenvalue weighted by Crippen LogP contribution is -2.08. The monoisotopic (exact) mass is 153 g/mol. The minimum Gasteiger partial charge on any atom is -0.294 e. The van der Waals surface area contributed by atoms with Gasteiger partial charge in [0.25, 0.3) is 5.70 Å². The highest BCUT2D eigenvalue weighted by Crippen LogP contribution is 2.15. The van der Waals surface area contributed by atoms with Gasteiger partial charge in [0.1, 0.15) is 0 Å². The maximum Gasteiger partial charge on any atom is 0.275 e.